The van der Waals surface area contributed by atoms with Crippen LogP contribution in [0.1, 0.15) is 12.5 Å². The van der Waals surface area contributed by atoms with Crippen molar-refractivity contribution in [1.29, 1.82) is 0 Å². The molecule has 3 heteroatoms. The molecule has 0 heterocycles. The second kappa shape index (κ2) is 4.51. The van der Waals surface area contributed by atoms with Crippen molar-refractivity contribution in [3.8, 4) is 11.5 Å². The lowest BCUT2D eigenvalue weighted by atomic mass is 10.1. The van der Waals surface area contributed by atoms with Gasteiger partial charge < -0.3 is 9.47 Å². The molecule has 0 fully saturated rings. The average molecular weight is 245 g/mol. The van der Waals surface area contributed by atoms with E-state index in [1.807, 2.05) is 12.1 Å². The van der Waals surface area contributed by atoms with Gasteiger partial charge in [-0.15, -0.1) is 0 Å². The summed E-state index contributed by atoms with van der Waals surface area (Å²) in [6, 6.07) is 3.84. The predicted octanol–water partition coefficient (Wildman–Crippen LogP) is 3.03. The van der Waals surface area contributed by atoms with Crippen LogP contribution in [-0.2, 0) is 6.42 Å². The molecule has 0 amide bonds. The summed E-state index contributed by atoms with van der Waals surface area (Å²) in [6.07, 6.45) is 0.938. The molecule has 0 aliphatic carbocycles. The summed E-state index contributed by atoms with van der Waals surface area (Å²) in [7, 11) is 3.31. The Morgan fingerprint density at radius 3 is 2.38 bits per heavy atom. The summed E-state index contributed by atoms with van der Waals surface area (Å²) in [5.74, 6) is 1.68. The number of halogens is 1. The molecule has 72 valence electrons. The van der Waals surface area contributed by atoms with Crippen molar-refractivity contribution in [3.05, 3.63) is 22.2 Å². The molecule has 0 saturated heterocycles. The largest absolute Gasteiger partial charge is 0.497 e. The van der Waals surface area contributed by atoms with Gasteiger partial charge in [0, 0.05) is 16.1 Å². The summed E-state index contributed by atoms with van der Waals surface area (Å²) in [6.45, 7) is 2.09. The number of hydrogen-bond donors (Lipinski definition) is 0. The molecule has 0 aliphatic heterocycles. The Hall–Kier alpha value is -0.700. The van der Waals surface area contributed by atoms with Gasteiger partial charge in [-0.1, -0.05) is 22.9 Å². The fraction of sp³-hybridized carbons (Fsp3) is 0.400. The SMILES string of the molecule is CCc1c(Br)cc(OC)cc1OC. The number of methoxy groups -OCH3 is 2. The zero-order valence-electron chi connectivity index (χ0n) is 8.06. The molecule has 1 aromatic rings. The minimum atomic E-state index is 0.806. The van der Waals surface area contributed by atoms with E-state index in [1.54, 1.807) is 14.2 Å². The molecule has 0 unspecified atom stereocenters. The summed E-state index contributed by atoms with van der Waals surface area (Å²) < 4.78 is 11.4. The molecule has 13 heavy (non-hydrogen) atoms. The monoisotopic (exact) mass is 244 g/mol. The molecule has 0 saturated carbocycles. The number of benzene rings is 1. The van der Waals surface area contributed by atoms with Crippen molar-refractivity contribution < 1.29 is 9.47 Å². The minimum absolute atomic E-state index is 0.806. The van der Waals surface area contributed by atoms with E-state index in [1.165, 1.54) is 5.56 Å². The Balaban J connectivity index is 3.20. The second-order valence-electron chi connectivity index (χ2n) is 2.64. The van der Waals surface area contributed by atoms with Crippen LogP contribution in [0.25, 0.3) is 0 Å². The molecule has 2 nitrogen and oxygen atoms in total. The van der Waals surface area contributed by atoms with Gasteiger partial charge >= 0.3 is 0 Å². The summed E-state index contributed by atoms with van der Waals surface area (Å²) in [5.41, 5.74) is 1.17. The first-order chi connectivity index (χ1) is 6.22. The van der Waals surface area contributed by atoms with E-state index >= 15 is 0 Å². The van der Waals surface area contributed by atoms with Crippen LogP contribution in [0.5, 0.6) is 11.5 Å². The first-order valence-electron chi connectivity index (χ1n) is 4.13. The Morgan fingerprint density at radius 2 is 1.92 bits per heavy atom. The third kappa shape index (κ3) is 2.15. The van der Waals surface area contributed by atoms with Gasteiger partial charge in [0.2, 0.25) is 0 Å². The first-order valence-corrected chi connectivity index (χ1v) is 4.92. The maximum atomic E-state index is 5.25. The molecule has 0 N–H and O–H groups in total. The van der Waals surface area contributed by atoms with E-state index in [0.29, 0.717) is 0 Å². The number of ether oxygens (including phenoxy) is 2. The molecule has 0 aliphatic rings. The lowest BCUT2D eigenvalue weighted by molar-refractivity contribution is 0.390. The highest BCUT2D eigenvalue weighted by Crippen LogP contribution is 2.32. The molecule has 0 radical (unpaired) electrons. The summed E-state index contributed by atoms with van der Waals surface area (Å²) >= 11 is 3.48. The quantitative estimate of drug-likeness (QED) is 0.814. The van der Waals surface area contributed by atoms with E-state index in [9.17, 15) is 0 Å². The normalized spacial score (nSPS) is 9.85. The predicted molar refractivity (Wildman–Crippen MR) is 56.6 cm³/mol. The van der Waals surface area contributed by atoms with E-state index in [-0.39, 0.29) is 0 Å². The van der Waals surface area contributed by atoms with Gasteiger partial charge in [-0.25, -0.2) is 0 Å². The van der Waals surface area contributed by atoms with Gasteiger partial charge in [0.25, 0.3) is 0 Å². The molecule has 1 rings (SSSR count). The summed E-state index contributed by atoms with van der Waals surface area (Å²) in [4.78, 5) is 0. The average Bonchev–Trinajstić information content (AvgIpc) is 2.16. The van der Waals surface area contributed by atoms with Crippen molar-refractivity contribution in [2.75, 3.05) is 14.2 Å². The van der Waals surface area contributed by atoms with E-state index < -0.39 is 0 Å². The molecule has 1 aromatic carbocycles. The van der Waals surface area contributed by atoms with Crippen LogP contribution in [0.2, 0.25) is 0 Å². The first kappa shape index (κ1) is 10.4. The van der Waals surface area contributed by atoms with Crippen molar-refractivity contribution in [2.24, 2.45) is 0 Å². The van der Waals surface area contributed by atoms with E-state index in [2.05, 4.69) is 22.9 Å². The maximum absolute atomic E-state index is 5.25. The van der Waals surface area contributed by atoms with Gasteiger partial charge in [-0.05, 0) is 12.5 Å². The van der Waals surface area contributed by atoms with Crippen molar-refractivity contribution >= 4 is 15.9 Å². The lowest BCUT2D eigenvalue weighted by Gasteiger charge is -2.10. The molecule has 0 aromatic heterocycles. The number of rotatable bonds is 3. The Labute approximate surface area is 87.0 Å². The van der Waals surface area contributed by atoms with Gasteiger partial charge in [-0.2, -0.15) is 0 Å². The fourth-order valence-corrected chi connectivity index (χ4v) is 1.93. The van der Waals surface area contributed by atoms with Crippen molar-refractivity contribution in [2.45, 2.75) is 13.3 Å². The van der Waals surface area contributed by atoms with Crippen LogP contribution >= 0.6 is 15.9 Å². The lowest BCUT2D eigenvalue weighted by Crippen LogP contribution is -1.93. The molecular weight excluding hydrogens is 232 g/mol. The van der Waals surface area contributed by atoms with Crippen LogP contribution in [-0.4, -0.2) is 14.2 Å². The van der Waals surface area contributed by atoms with E-state index in [4.69, 9.17) is 9.47 Å². The smallest absolute Gasteiger partial charge is 0.126 e. The third-order valence-electron chi connectivity index (χ3n) is 1.94. The van der Waals surface area contributed by atoms with E-state index in [0.717, 1.165) is 22.4 Å². The van der Waals surface area contributed by atoms with Crippen LogP contribution in [0.4, 0.5) is 0 Å². The Bertz CT molecular complexity index is 297. The highest BCUT2D eigenvalue weighted by atomic mass is 79.9. The highest BCUT2D eigenvalue weighted by Gasteiger charge is 2.07. The van der Waals surface area contributed by atoms with Crippen molar-refractivity contribution in [1.82, 2.24) is 0 Å². The highest BCUT2D eigenvalue weighted by molar-refractivity contribution is 9.10. The molecule has 0 bridgehead atoms. The Kier molecular flexibility index (Phi) is 3.60. The van der Waals surface area contributed by atoms with Crippen LogP contribution < -0.4 is 9.47 Å². The topological polar surface area (TPSA) is 18.5 Å². The van der Waals surface area contributed by atoms with Gasteiger partial charge in [0.15, 0.2) is 0 Å². The fourth-order valence-electron chi connectivity index (χ4n) is 1.23. The molecule has 0 spiro atoms. The number of hydrogen-bond acceptors (Lipinski definition) is 2. The second-order valence-corrected chi connectivity index (χ2v) is 3.50. The van der Waals surface area contributed by atoms with Gasteiger partial charge in [-0.3, -0.25) is 0 Å². The third-order valence-corrected chi connectivity index (χ3v) is 2.64. The van der Waals surface area contributed by atoms with Crippen LogP contribution in [0.15, 0.2) is 16.6 Å². The Morgan fingerprint density at radius 1 is 1.23 bits per heavy atom. The van der Waals surface area contributed by atoms with Crippen LogP contribution in [0.3, 0.4) is 0 Å². The molecular formula is C10H13BrO2. The van der Waals surface area contributed by atoms with Gasteiger partial charge in [0.1, 0.15) is 11.5 Å². The maximum Gasteiger partial charge on any atom is 0.126 e. The zero-order valence-corrected chi connectivity index (χ0v) is 9.64. The standard InChI is InChI=1S/C10H13BrO2/c1-4-8-9(11)5-7(12-2)6-10(8)13-3/h5-6H,4H2,1-3H3. The molecule has 0 atom stereocenters. The summed E-state index contributed by atoms with van der Waals surface area (Å²) in [5, 5.41) is 0. The van der Waals surface area contributed by atoms with Crippen molar-refractivity contribution in [3.63, 3.8) is 0 Å². The zero-order chi connectivity index (χ0) is 9.84. The van der Waals surface area contributed by atoms with Crippen LogP contribution in [0, 0.1) is 0 Å². The van der Waals surface area contributed by atoms with Gasteiger partial charge in [0.05, 0.1) is 14.2 Å². The minimum Gasteiger partial charge on any atom is -0.497 e.